The molecule has 0 aliphatic heterocycles. The van der Waals surface area contributed by atoms with Crippen LogP contribution in [0.1, 0.15) is 10.4 Å². The lowest BCUT2D eigenvalue weighted by atomic mass is 10.2. The molecule has 1 N–H and O–H groups in total. The maximum absolute atomic E-state index is 10.6. The van der Waals surface area contributed by atoms with Gasteiger partial charge in [0.2, 0.25) is 0 Å². The van der Waals surface area contributed by atoms with Crippen molar-refractivity contribution in [1.29, 1.82) is 0 Å². The second-order valence-corrected chi connectivity index (χ2v) is 2.85. The topological polar surface area (TPSA) is 63.6 Å². The number of carboxylic acids is 1. The quantitative estimate of drug-likeness (QED) is 0.586. The minimum Gasteiger partial charge on any atom is -0.488 e. The molecule has 0 aliphatic carbocycles. The summed E-state index contributed by atoms with van der Waals surface area (Å²) >= 11 is 0. The largest absolute Gasteiger partial charge is 0.488 e. The summed E-state index contributed by atoms with van der Waals surface area (Å²) in [4.78, 5) is 21.0. The zero-order chi connectivity index (χ0) is 11.3. The molecule has 1 rings (SSSR count). The van der Waals surface area contributed by atoms with Gasteiger partial charge in [-0.3, -0.25) is 4.79 Å². The highest BCUT2D eigenvalue weighted by atomic mass is 16.5. The first kappa shape index (κ1) is 11.0. The van der Waals surface area contributed by atoms with E-state index in [0.717, 1.165) is 0 Å². The van der Waals surface area contributed by atoms with Crippen molar-refractivity contribution >= 4 is 12.3 Å². The predicted molar refractivity (Wildman–Crippen MR) is 54.1 cm³/mol. The molecule has 1 aromatic rings. The average molecular weight is 206 g/mol. The highest BCUT2D eigenvalue weighted by Crippen LogP contribution is 2.16. The molecular formula is C11H10O4. The number of benzene rings is 1. The molecule has 0 spiro atoms. The fraction of sp³-hybridized carbons (Fsp3) is 0.0909. The van der Waals surface area contributed by atoms with E-state index < -0.39 is 5.97 Å². The number of ether oxygens (including phenoxy) is 1. The smallest absolute Gasteiger partial charge is 0.334 e. The Balaban J connectivity index is 2.69. The fourth-order valence-electron chi connectivity index (χ4n) is 0.936. The summed E-state index contributed by atoms with van der Waals surface area (Å²) in [6, 6.07) is 6.58. The van der Waals surface area contributed by atoms with Crippen LogP contribution in [0.5, 0.6) is 5.75 Å². The van der Waals surface area contributed by atoms with E-state index in [-0.39, 0.29) is 12.2 Å². The van der Waals surface area contributed by atoms with Crippen molar-refractivity contribution in [3.05, 3.63) is 42.0 Å². The number of aliphatic carboxylic acids is 1. The summed E-state index contributed by atoms with van der Waals surface area (Å²) in [6.45, 7) is 3.17. The van der Waals surface area contributed by atoms with Crippen LogP contribution in [0.2, 0.25) is 0 Å². The van der Waals surface area contributed by atoms with E-state index in [9.17, 15) is 9.59 Å². The Bertz CT molecular complexity index is 395. The molecule has 0 heterocycles. The SMILES string of the molecule is C=C(COc1ccccc1C=O)C(=O)O. The van der Waals surface area contributed by atoms with E-state index in [4.69, 9.17) is 9.84 Å². The van der Waals surface area contributed by atoms with Crippen molar-refractivity contribution in [3.63, 3.8) is 0 Å². The van der Waals surface area contributed by atoms with E-state index in [1.54, 1.807) is 24.3 Å². The Kier molecular flexibility index (Phi) is 3.62. The molecule has 0 bridgehead atoms. The predicted octanol–water partition coefficient (Wildman–Crippen LogP) is 1.52. The van der Waals surface area contributed by atoms with Crippen LogP contribution >= 0.6 is 0 Å². The first-order valence-corrected chi connectivity index (χ1v) is 4.23. The molecule has 0 saturated heterocycles. The van der Waals surface area contributed by atoms with Gasteiger partial charge in [0.1, 0.15) is 12.4 Å². The third kappa shape index (κ3) is 2.95. The average Bonchev–Trinajstić information content (AvgIpc) is 2.26. The summed E-state index contributed by atoms with van der Waals surface area (Å²) in [5.74, 6) is -0.756. The molecule has 1 aromatic carbocycles. The Hall–Kier alpha value is -2.10. The molecule has 0 saturated carbocycles. The summed E-state index contributed by atoms with van der Waals surface area (Å²) in [5, 5.41) is 8.54. The van der Waals surface area contributed by atoms with Crippen molar-refractivity contribution in [2.24, 2.45) is 0 Å². The Morgan fingerprint density at radius 3 is 2.73 bits per heavy atom. The van der Waals surface area contributed by atoms with Crippen molar-refractivity contribution in [1.82, 2.24) is 0 Å². The molecule has 4 heteroatoms. The minimum absolute atomic E-state index is 0.0595. The van der Waals surface area contributed by atoms with E-state index in [1.807, 2.05) is 0 Å². The van der Waals surface area contributed by atoms with Gasteiger partial charge in [0, 0.05) is 0 Å². The van der Waals surface area contributed by atoms with Gasteiger partial charge in [-0.25, -0.2) is 4.79 Å². The number of carboxylic acid groups (broad SMARTS) is 1. The van der Waals surface area contributed by atoms with Crippen molar-refractivity contribution < 1.29 is 19.4 Å². The van der Waals surface area contributed by atoms with Crippen molar-refractivity contribution in [2.75, 3.05) is 6.61 Å². The second-order valence-electron chi connectivity index (χ2n) is 2.85. The number of rotatable bonds is 5. The van der Waals surface area contributed by atoms with Gasteiger partial charge in [0.05, 0.1) is 11.1 Å². The normalized spacial score (nSPS) is 9.33. The minimum atomic E-state index is -1.11. The Labute approximate surface area is 86.8 Å². The Morgan fingerprint density at radius 1 is 1.47 bits per heavy atom. The molecule has 0 amide bonds. The van der Waals surface area contributed by atoms with Gasteiger partial charge in [-0.2, -0.15) is 0 Å². The lowest BCUT2D eigenvalue weighted by Crippen LogP contribution is -2.09. The van der Waals surface area contributed by atoms with Crippen LogP contribution in [-0.4, -0.2) is 24.0 Å². The highest BCUT2D eigenvalue weighted by molar-refractivity contribution is 5.86. The van der Waals surface area contributed by atoms with Crippen LogP contribution < -0.4 is 4.74 Å². The highest BCUT2D eigenvalue weighted by Gasteiger charge is 2.06. The van der Waals surface area contributed by atoms with Crippen LogP contribution in [-0.2, 0) is 4.79 Å². The third-order valence-electron chi connectivity index (χ3n) is 1.75. The summed E-state index contributed by atoms with van der Waals surface area (Å²) < 4.78 is 5.14. The maximum atomic E-state index is 10.6. The first-order valence-electron chi connectivity index (χ1n) is 4.23. The van der Waals surface area contributed by atoms with Crippen LogP contribution in [0.4, 0.5) is 0 Å². The van der Waals surface area contributed by atoms with E-state index >= 15 is 0 Å². The lowest BCUT2D eigenvalue weighted by Gasteiger charge is -2.07. The second kappa shape index (κ2) is 4.95. The van der Waals surface area contributed by atoms with Gasteiger partial charge in [-0.05, 0) is 12.1 Å². The van der Waals surface area contributed by atoms with Crippen molar-refractivity contribution in [3.8, 4) is 5.75 Å². The molecule has 15 heavy (non-hydrogen) atoms. The molecule has 4 nitrogen and oxygen atoms in total. The number of para-hydroxylation sites is 1. The van der Waals surface area contributed by atoms with Gasteiger partial charge in [0.25, 0.3) is 0 Å². The van der Waals surface area contributed by atoms with E-state index in [0.29, 0.717) is 17.6 Å². The van der Waals surface area contributed by atoms with E-state index in [1.165, 1.54) is 0 Å². The molecule has 78 valence electrons. The van der Waals surface area contributed by atoms with Gasteiger partial charge in [0.15, 0.2) is 6.29 Å². The number of carbonyl (C=O) groups excluding carboxylic acids is 1. The third-order valence-corrected chi connectivity index (χ3v) is 1.75. The van der Waals surface area contributed by atoms with Crippen LogP contribution in [0.3, 0.4) is 0 Å². The Morgan fingerprint density at radius 2 is 2.13 bits per heavy atom. The summed E-state index contributed by atoms with van der Waals surface area (Å²) in [6.07, 6.45) is 0.652. The van der Waals surface area contributed by atoms with Gasteiger partial charge in [-0.1, -0.05) is 18.7 Å². The molecule has 0 unspecified atom stereocenters. The standard InChI is InChI=1S/C11H10O4/c1-8(11(13)14)7-15-10-5-3-2-4-9(10)6-12/h2-6H,1,7H2,(H,13,14). The van der Waals surface area contributed by atoms with Gasteiger partial charge in [-0.15, -0.1) is 0 Å². The summed E-state index contributed by atoms with van der Waals surface area (Å²) in [5.41, 5.74) is 0.325. The van der Waals surface area contributed by atoms with E-state index in [2.05, 4.69) is 6.58 Å². The number of aldehydes is 1. The van der Waals surface area contributed by atoms with Crippen molar-refractivity contribution in [2.45, 2.75) is 0 Å². The zero-order valence-corrected chi connectivity index (χ0v) is 7.97. The fourth-order valence-corrected chi connectivity index (χ4v) is 0.936. The van der Waals surface area contributed by atoms with Crippen LogP contribution in [0.25, 0.3) is 0 Å². The molecule has 0 atom stereocenters. The molecule has 0 aliphatic rings. The molecule has 0 aromatic heterocycles. The van der Waals surface area contributed by atoms with Gasteiger partial charge >= 0.3 is 5.97 Å². The lowest BCUT2D eigenvalue weighted by molar-refractivity contribution is -0.133. The molecular weight excluding hydrogens is 196 g/mol. The maximum Gasteiger partial charge on any atom is 0.334 e. The monoisotopic (exact) mass is 206 g/mol. The molecule has 0 radical (unpaired) electrons. The summed E-state index contributed by atoms with van der Waals surface area (Å²) in [7, 11) is 0. The number of carbonyl (C=O) groups is 2. The first-order chi connectivity index (χ1) is 7.15. The van der Waals surface area contributed by atoms with Gasteiger partial charge < -0.3 is 9.84 Å². The number of hydrogen-bond donors (Lipinski definition) is 1. The number of hydrogen-bond acceptors (Lipinski definition) is 3. The van der Waals surface area contributed by atoms with Crippen LogP contribution in [0.15, 0.2) is 36.4 Å². The zero-order valence-electron chi connectivity index (χ0n) is 7.97. The molecule has 0 fully saturated rings. The van der Waals surface area contributed by atoms with Crippen LogP contribution in [0, 0.1) is 0 Å².